The van der Waals surface area contributed by atoms with Gasteiger partial charge in [0.15, 0.2) is 5.65 Å². The first-order chi connectivity index (χ1) is 12.5. The number of hydrogen-bond donors (Lipinski definition) is 2. The molecule has 0 fully saturated rings. The van der Waals surface area contributed by atoms with Crippen molar-refractivity contribution in [3.8, 4) is 11.3 Å². The van der Waals surface area contributed by atoms with Gasteiger partial charge < -0.3 is 11.1 Å². The van der Waals surface area contributed by atoms with Gasteiger partial charge in [-0.1, -0.05) is 24.3 Å². The van der Waals surface area contributed by atoms with E-state index in [0.29, 0.717) is 18.7 Å². The number of nitrogens with one attached hydrogen (secondary N) is 1. The number of carbonyl (C=O) groups is 1. The van der Waals surface area contributed by atoms with E-state index in [0.717, 1.165) is 34.3 Å². The number of carbonyl (C=O) groups excluding carboxylic acids is 1. The van der Waals surface area contributed by atoms with Gasteiger partial charge in [0.05, 0.1) is 22.8 Å². The standard InChI is InChI=1S/C20H25N5O/c1-13(2)25-19-17(12-23-25)16(20(26)22-10-6-9-21)11-18(24-19)15-8-5-4-7-14(15)3/h4-5,7-8,11-13H,6,9-10,21H2,1-3H3,(H,22,26). The minimum absolute atomic E-state index is 0.121. The summed E-state index contributed by atoms with van der Waals surface area (Å²) in [5, 5.41) is 8.15. The van der Waals surface area contributed by atoms with Crippen LogP contribution in [0, 0.1) is 6.92 Å². The summed E-state index contributed by atoms with van der Waals surface area (Å²) in [7, 11) is 0. The minimum Gasteiger partial charge on any atom is -0.352 e. The van der Waals surface area contributed by atoms with Crippen molar-refractivity contribution in [2.24, 2.45) is 5.73 Å². The molecule has 3 aromatic rings. The topological polar surface area (TPSA) is 85.8 Å². The van der Waals surface area contributed by atoms with Crippen LogP contribution in [-0.4, -0.2) is 33.8 Å². The average Bonchev–Trinajstić information content (AvgIpc) is 3.05. The molecule has 2 heterocycles. The molecule has 0 aliphatic heterocycles. The van der Waals surface area contributed by atoms with Crippen molar-refractivity contribution in [3.05, 3.63) is 47.7 Å². The monoisotopic (exact) mass is 351 g/mol. The van der Waals surface area contributed by atoms with Crippen LogP contribution in [0.2, 0.25) is 0 Å². The summed E-state index contributed by atoms with van der Waals surface area (Å²) >= 11 is 0. The third-order valence-electron chi connectivity index (χ3n) is 4.39. The van der Waals surface area contributed by atoms with Crippen molar-refractivity contribution in [1.82, 2.24) is 20.1 Å². The Bertz CT molecular complexity index is 929. The van der Waals surface area contributed by atoms with Crippen LogP contribution in [0.4, 0.5) is 0 Å². The Labute approximate surface area is 153 Å². The molecule has 136 valence electrons. The average molecular weight is 351 g/mol. The van der Waals surface area contributed by atoms with E-state index in [2.05, 4.69) is 24.3 Å². The molecular formula is C20H25N5O. The molecule has 26 heavy (non-hydrogen) atoms. The molecule has 0 unspecified atom stereocenters. The van der Waals surface area contributed by atoms with Gasteiger partial charge in [0.25, 0.3) is 5.91 Å². The molecule has 0 aliphatic carbocycles. The van der Waals surface area contributed by atoms with Crippen LogP contribution in [0.15, 0.2) is 36.5 Å². The first-order valence-corrected chi connectivity index (χ1v) is 8.95. The van der Waals surface area contributed by atoms with Crippen molar-refractivity contribution in [1.29, 1.82) is 0 Å². The number of fused-ring (bicyclic) bond motifs is 1. The van der Waals surface area contributed by atoms with Gasteiger partial charge in [-0.15, -0.1) is 0 Å². The van der Waals surface area contributed by atoms with Gasteiger partial charge in [0.2, 0.25) is 0 Å². The number of nitrogens with zero attached hydrogens (tertiary/aromatic N) is 3. The molecule has 1 aromatic carbocycles. The van der Waals surface area contributed by atoms with Gasteiger partial charge in [0, 0.05) is 18.2 Å². The number of amides is 1. The predicted octanol–water partition coefficient (Wildman–Crippen LogP) is 3.07. The summed E-state index contributed by atoms with van der Waals surface area (Å²) in [6.45, 7) is 7.25. The van der Waals surface area contributed by atoms with E-state index in [9.17, 15) is 4.79 Å². The van der Waals surface area contributed by atoms with Gasteiger partial charge in [-0.2, -0.15) is 5.10 Å². The highest BCUT2D eigenvalue weighted by Crippen LogP contribution is 2.28. The lowest BCUT2D eigenvalue weighted by Gasteiger charge is -2.12. The molecule has 2 aromatic heterocycles. The van der Waals surface area contributed by atoms with Crippen LogP contribution in [0.5, 0.6) is 0 Å². The highest BCUT2D eigenvalue weighted by atomic mass is 16.1. The predicted molar refractivity (Wildman–Crippen MR) is 104 cm³/mol. The quantitative estimate of drug-likeness (QED) is 0.668. The van der Waals surface area contributed by atoms with Crippen LogP contribution in [0.3, 0.4) is 0 Å². The van der Waals surface area contributed by atoms with Crippen LogP contribution in [0.1, 0.15) is 42.2 Å². The third-order valence-corrected chi connectivity index (χ3v) is 4.39. The first kappa shape index (κ1) is 18.1. The zero-order valence-corrected chi connectivity index (χ0v) is 15.5. The third kappa shape index (κ3) is 3.46. The molecule has 0 radical (unpaired) electrons. The van der Waals surface area contributed by atoms with Crippen molar-refractivity contribution >= 4 is 16.9 Å². The summed E-state index contributed by atoms with van der Waals surface area (Å²) < 4.78 is 1.85. The van der Waals surface area contributed by atoms with E-state index in [1.165, 1.54) is 0 Å². The van der Waals surface area contributed by atoms with Gasteiger partial charge in [-0.3, -0.25) is 4.79 Å². The molecule has 0 bridgehead atoms. The van der Waals surface area contributed by atoms with Gasteiger partial charge in [-0.05, 0) is 45.4 Å². The summed E-state index contributed by atoms with van der Waals surface area (Å²) in [5.41, 5.74) is 9.75. The Kier molecular flexibility index (Phi) is 5.32. The first-order valence-electron chi connectivity index (χ1n) is 8.95. The highest BCUT2D eigenvalue weighted by Gasteiger charge is 2.18. The largest absolute Gasteiger partial charge is 0.352 e. The Morgan fingerprint density at radius 2 is 2.08 bits per heavy atom. The number of rotatable bonds is 6. The number of benzene rings is 1. The van der Waals surface area contributed by atoms with E-state index in [1.807, 2.05) is 41.9 Å². The molecule has 0 saturated heterocycles. The number of aryl methyl sites for hydroxylation is 1. The second-order valence-electron chi connectivity index (χ2n) is 6.69. The van der Waals surface area contributed by atoms with Crippen LogP contribution in [0.25, 0.3) is 22.3 Å². The summed E-state index contributed by atoms with van der Waals surface area (Å²) in [5.74, 6) is -0.121. The van der Waals surface area contributed by atoms with E-state index in [-0.39, 0.29) is 11.9 Å². The number of aromatic nitrogens is 3. The van der Waals surface area contributed by atoms with E-state index < -0.39 is 0 Å². The maximum Gasteiger partial charge on any atom is 0.252 e. The molecule has 6 nitrogen and oxygen atoms in total. The van der Waals surface area contributed by atoms with Crippen molar-refractivity contribution in [2.75, 3.05) is 13.1 Å². The van der Waals surface area contributed by atoms with Gasteiger partial charge in [0.1, 0.15) is 0 Å². The summed E-state index contributed by atoms with van der Waals surface area (Å²) in [6.07, 6.45) is 2.47. The molecule has 0 spiro atoms. The lowest BCUT2D eigenvalue weighted by molar-refractivity contribution is 0.0955. The van der Waals surface area contributed by atoms with E-state index in [4.69, 9.17) is 10.7 Å². The fourth-order valence-electron chi connectivity index (χ4n) is 2.98. The highest BCUT2D eigenvalue weighted by molar-refractivity contribution is 6.06. The fraction of sp³-hybridized carbons (Fsp3) is 0.350. The Morgan fingerprint density at radius 1 is 1.31 bits per heavy atom. The number of hydrogen-bond acceptors (Lipinski definition) is 4. The SMILES string of the molecule is Cc1ccccc1-c1cc(C(=O)NCCCN)c2cnn(C(C)C)c2n1. The number of pyridine rings is 1. The van der Waals surface area contributed by atoms with Crippen molar-refractivity contribution in [3.63, 3.8) is 0 Å². The summed E-state index contributed by atoms with van der Waals surface area (Å²) in [6, 6.07) is 10.1. The molecule has 0 saturated carbocycles. The van der Waals surface area contributed by atoms with Crippen molar-refractivity contribution in [2.45, 2.75) is 33.2 Å². The lowest BCUT2D eigenvalue weighted by Crippen LogP contribution is -2.26. The minimum atomic E-state index is -0.121. The lowest BCUT2D eigenvalue weighted by atomic mass is 10.0. The molecule has 0 atom stereocenters. The molecular weight excluding hydrogens is 326 g/mol. The van der Waals surface area contributed by atoms with E-state index >= 15 is 0 Å². The van der Waals surface area contributed by atoms with Crippen molar-refractivity contribution < 1.29 is 4.79 Å². The zero-order valence-electron chi connectivity index (χ0n) is 15.5. The normalized spacial score (nSPS) is 11.3. The Hall–Kier alpha value is -2.73. The van der Waals surface area contributed by atoms with Crippen LogP contribution >= 0.6 is 0 Å². The second-order valence-corrected chi connectivity index (χ2v) is 6.69. The van der Waals surface area contributed by atoms with Gasteiger partial charge >= 0.3 is 0 Å². The second kappa shape index (κ2) is 7.66. The Balaban J connectivity index is 2.16. The Morgan fingerprint density at radius 3 is 2.77 bits per heavy atom. The molecule has 0 aliphatic rings. The van der Waals surface area contributed by atoms with Gasteiger partial charge in [-0.25, -0.2) is 9.67 Å². The fourth-order valence-corrected chi connectivity index (χ4v) is 2.98. The molecule has 1 amide bonds. The van der Waals surface area contributed by atoms with Crippen LogP contribution in [-0.2, 0) is 0 Å². The van der Waals surface area contributed by atoms with Crippen LogP contribution < -0.4 is 11.1 Å². The molecule has 3 rings (SSSR count). The van der Waals surface area contributed by atoms with E-state index in [1.54, 1.807) is 6.20 Å². The molecule has 3 N–H and O–H groups in total. The maximum absolute atomic E-state index is 12.8. The zero-order chi connectivity index (χ0) is 18.7. The number of nitrogens with two attached hydrogens (primary N) is 1. The molecule has 6 heteroatoms. The summed E-state index contributed by atoms with van der Waals surface area (Å²) in [4.78, 5) is 17.6. The smallest absolute Gasteiger partial charge is 0.252 e. The maximum atomic E-state index is 12.8.